The molecule has 2 N–H and O–H groups in total. The van der Waals surface area contributed by atoms with Crippen molar-refractivity contribution >= 4 is 11.6 Å². The number of ether oxygens (including phenoxy) is 1. The van der Waals surface area contributed by atoms with E-state index >= 15 is 0 Å². The van der Waals surface area contributed by atoms with Crippen molar-refractivity contribution in [3.05, 3.63) is 34.9 Å². The maximum atomic E-state index is 9.61. The minimum absolute atomic E-state index is 0.110. The molecule has 0 aliphatic carbocycles. The lowest BCUT2D eigenvalue weighted by molar-refractivity contribution is 0.0627. The Kier molecular flexibility index (Phi) is 6.65. The van der Waals surface area contributed by atoms with Gasteiger partial charge >= 0.3 is 0 Å². The first-order chi connectivity index (χ1) is 8.68. The van der Waals surface area contributed by atoms with Crippen LogP contribution in [0.4, 0.5) is 0 Å². The third kappa shape index (κ3) is 3.95. The van der Waals surface area contributed by atoms with Crippen LogP contribution in [0.2, 0.25) is 5.02 Å². The Labute approximate surface area is 113 Å². The number of aliphatic hydroxyl groups is 2. The topological polar surface area (TPSA) is 49.7 Å². The molecule has 1 aromatic carbocycles. The first-order valence-electron chi connectivity index (χ1n) is 6.24. The minimum Gasteiger partial charge on any atom is -0.395 e. The van der Waals surface area contributed by atoms with Crippen LogP contribution in [0.25, 0.3) is 0 Å². The van der Waals surface area contributed by atoms with Gasteiger partial charge in [0.05, 0.1) is 13.2 Å². The van der Waals surface area contributed by atoms with Crippen molar-refractivity contribution in [2.75, 3.05) is 26.4 Å². The molecule has 0 heterocycles. The number of hydrogen-bond acceptors (Lipinski definition) is 3. The Morgan fingerprint density at radius 3 is 2.22 bits per heavy atom. The Hall–Kier alpha value is -0.610. The van der Waals surface area contributed by atoms with E-state index < -0.39 is 5.41 Å². The molecular formula is C14H21ClO3. The highest BCUT2D eigenvalue weighted by Gasteiger charge is 2.30. The van der Waals surface area contributed by atoms with Gasteiger partial charge in [0.25, 0.3) is 0 Å². The quantitative estimate of drug-likeness (QED) is 0.715. The molecule has 0 radical (unpaired) electrons. The van der Waals surface area contributed by atoms with E-state index in [1.165, 1.54) is 0 Å². The van der Waals surface area contributed by atoms with Gasteiger partial charge in [0.2, 0.25) is 0 Å². The van der Waals surface area contributed by atoms with Gasteiger partial charge < -0.3 is 14.9 Å². The zero-order valence-electron chi connectivity index (χ0n) is 10.7. The highest BCUT2D eigenvalue weighted by molar-refractivity contribution is 6.30. The van der Waals surface area contributed by atoms with Crippen LogP contribution in [-0.2, 0) is 10.2 Å². The molecule has 0 amide bonds. The number of halogens is 1. The van der Waals surface area contributed by atoms with Crippen LogP contribution in [0.5, 0.6) is 0 Å². The van der Waals surface area contributed by atoms with Crippen LogP contribution in [0, 0.1) is 0 Å². The predicted octanol–water partition coefficient (Wildman–Crippen LogP) is 2.38. The Morgan fingerprint density at radius 1 is 1.11 bits per heavy atom. The van der Waals surface area contributed by atoms with Crippen LogP contribution in [0.3, 0.4) is 0 Å². The van der Waals surface area contributed by atoms with E-state index in [2.05, 4.69) is 0 Å². The summed E-state index contributed by atoms with van der Waals surface area (Å²) in [5.41, 5.74) is 0.232. The molecule has 4 heteroatoms. The van der Waals surface area contributed by atoms with Gasteiger partial charge in [0.1, 0.15) is 0 Å². The van der Waals surface area contributed by atoms with Gasteiger partial charge in [-0.15, -0.1) is 0 Å². The van der Waals surface area contributed by atoms with Crippen molar-refractivity contribution in [3.63, 3.8) is 0 Å². The van der Waals surface area contributed by atoms with Crippen LogP contribution >= 0.6 is 11.6 Å². The molecule has 18 heavy (non-hydrogen) atoms. The second-order valence-corrected chi connectivity index (χ2v) is 4.90. The third-order valence-electron chi connectivity index (χ3n) is 3.14. The van der Waals surface area contributed by atoms with Crippen molar-refractivity contribution in [2.24, 2.45) is 0 Å². The SMILES string of the molecule is CCCOCCC(CO)(CO)c1ccc(Cl)cc1. The highest BCUT2D eigenvalue weighted by atomic mass is 35.5. The third-order valence-corrected chi connectivity index (χ3v) is 3.39. The molecule has 0 spiro atoms. The van der Waals surface area contributed by atoms with Gasteiger partial charge in [0.15, 0.2) is 0 Å². The molecule has 3 nitrogen and oxygen atoms in total. The molecule has 0 aromatic heterocycles. The van der Waals surface area contributed by atoms with E-state index in [1.54, 1.807) is 12.1 Å². The van der Waals surface area contributed by atoms with E-state index in [9.17, 15) is 10.2 Å². The van der Waals surface area contributed by atoms with E-state index in [0.29, 0.717) is 24.7 Å². The highest BCUT2D eigenvalue weighted by Crippen LogP contribution is 2.28. The molecule has 0 saturated carbocycles. The molecule has 0 atom stereocenters. The van der Waals surface area contributed by atoms with Gasteiger partial charge in [0, 0.05) is 23.7 Å². The molecule has 1 rings (SSSR count). The van der Waals surface area contributed by atoms with Gasteiger partial charge in [-0.3, -0.25) is 0 Å². The summed E-state index contributed by atoms with van der Waals surface area (Å²) in [7, 11) is 0. The molecule has 0 aliphatic heterocycles. The number of benzene rings is 1. The molecule has 0 unspecified atom stereocenters. The molecule has 0 fully saturated rings. The lowest BCUT2D eigenvalue weighted by Crippen LogP contribution is -2.36. The van der Waals surface area contributed by atoms with E-state index in [4.69, 9.17) is 16.3 Å². The molecule has 0 aliphatic rings. The monoisotopic (exact) mass is 272 g/mol. The summed E-state index contributed by atoms with van der Waals surface area (Å²) in [6, 6.07) is 7.22. The number of rotatable bonds is 8. The van der Waals surface area contributed by atoms with Crippen molar-refractivity contribution in [1.29, 1.82) is 0 Å². The van der Waals surface area contributed by atoms with Gasteiger partial charge in [-0.1, -0.05) is 30.7 Å². The Balaban J connectivity index is 2.75. The van der Waals surface area contributed by atoms with Crippen molar-refractivity contribution < 1.29 is 14.9 Å². The average molecular weight is 273 g/mol. The predicted molar refractivity (Wildman–Crippen MR) is 73.0 cm³/mol. The number of hydrogen-bond donors (Lipinski definition) is 2. The summed E-state index contributed by atoms with van der Waals surface area (Å²) >= 11 is 5.84. The van der Waals surface area contributed by atoms with Crippen LogP contribution in [-0.4, -0.2) is 36.6 Å². The molecule has 0 saturated heterocycles. The summed E-state index contributed by atoms with van der Waals surface area (Å²) in [4.78, 5) is 0. The van der Waals surface area contributed by atoms with Gasteiger partial charge in [-0.05, 0) is 30.5 Å². The van der Waals surface area contributed by atoms with Crippen LogP contribution in [0.15, 0.2) is 24.3 Å². The lowest BCUT2D eigenvalue weighted by atomic mass is 9.79. The Morgan fingerprint density at radius 2 is 1.72 bits per heavy atom. The molecular weight excluding hydrogens is 252 g/mol. The van der Waals surface area contributed by atoms with Crippen LogP contribution in [0.1, 0.15) is 25.3 Å². The molecule has 102 valence electrons. The fourth-order valence-corrected chi connectivity index (χ4v) is 1.98. The largest absolute Gasteiger partial charge is 0.395 e. The second kappa shape index (κ2) is 7.74. The van der Waals surface area contributed by atoms with E-state index in [0.717, 1.165) is 12.0 Å². The zero-order chi connectivity index (χ0) is 13.4. The molecule has 0 bridgehead atoms. The first kappa shape index (κ1) is 15.4. The van der Waals surface area contributed by atoms with E-state index in [-0.39, 0.29) is 13.2 Å². The lowest BCUT2D eigenvalue weighted by Gasteiger charge is -2.30. The molecule has 1 aromatic rings. The number of aliphatic hydroxyl groups excluding tert-OH is 2. The maximum absolute atomic E-state index is 9.61. The first-order valence-corrected chi connectivity index (χ1v) is 6.62. The average Bonchev–Trinajstić information content (AvgIpc) is 2.41. The normalized spacial score (nSPS) is 11.8. The fourth-order valence-electron chi connectivity index (χ4n) is 1.85. The van der Waals surface area contributed by atoms with Crippen molar-refractivity contribution in [2.45, 2.75) is 25.2 Å². The Bertz CT molecular complexity index is 333. The summed E-state index contributed by atoms with van der Waals surface area (Å²) in [6.45, 7) is 3.05. The summed E-state index contributed by atoms with van der Waals surface area (Å²) < 4.78 is 5.44. The standard InChI is InChI=1S/C14H21ClO3/c1-2-8-18-9-7-14(10-16,11-17)12-3-5-13(15)6-4-12/h3-6,16-17H,2,7-11H2,1H3. The van der Waals surface area contributed by atoms with Crippen molar-refractivity contribution in [1.82, 2.24) is 0 Å². The summed E-state index contributed by atoms with van der Waals surface area (Å²) in [6.07, 6.45) is 1.55. The minimum atomic E-state index is -0.654. The summed E-state index contributed by atoms with van der Waals surface area (Å²) in [5, 5.41) is 19.9. The van der Waals surface area contributed by atoms with Gasteiger partial charge in [-0.25, -0.2) is 0 Å². The summed E-state index contributed by atoms with van der Waals surface area (Å²) in [5.74, 6) is 0. The van der Waals surface area contributed by atoms with Crippen molar-refractivity contribution in [3.8, 4) is 0 Å². The fraction of sp³-hybridized carbons (Fsp3) is 0.571. The zero-order valence-corrected chi connectivity index (χ0v) is 11.5. The smallest absolute Gasteiger partial charge is 0.0550 e. The second-order valence-electron chi connectivity index (χ2n) is 4.47. The van der Waals surface area contributed by atoms with E-state index in [1.807, 2.05) is 19.1 Å². The van der Waals surface area contributed by atoms with Gasteiger partial charge in [-0.2, -0.15) is 0 Å². The van der Waals surface area contributed by atoms with Crippen LogP contribution < -0.4 is 0 Å². The maximum Gasteiger partial charge on any atom is 0.0550 e.